The summed E-state index contributed by atoms with van der Waals surface area (Å²) in [5.41, 5.74) is 4.04. The number of β-amino-alcohol motifs (C(OH)–C–C–N with tert-alkyl or cyclic N) is 1. The van der Waals surface area contributed by atoms with Gasteiger partial charge in [0.1, 0.15) is 0 Å². The first kappa shape index (κ1) is 13.5. The number of likely N-dealkylation sites (tertiary alicyclic amines) is 1. The molecule has 0 aromatic heterocycles. The standard InChI is InChI=1S/C19H17NO/c1-15(20-13-19(21)14-20)18-11-9-17(10-12-18)8-7-16-5-3-2-4-6-16/h2-6,9-12,19,21H,1,13-14H2. The van der Waals surface area contributed by atoms with Crippen LogP contribution in [-0.2, 0) is 0 Å². The summed E-state index contributed by atoms with van der Waals surface area (Å²) < 4.78 is 0. The van der Waals surface area contributed by atoms with Crippen molar-refractivity contribution in [2.75, 3.05) is 13.1 Å². The molecule has 3 rings (SSSR count). The molecule has 2 heteroatoms. The summed E-state index contributed by atoms with van der Waals surface area (Å²) in [6.45, 7) is 5.43. The maximum atomic E-state index is 9.34. The van der Waals surface area contributed by atoms with Gasteiger partial charge in [0.15, 0.2) is 0 Å². The van der Waals surface area contributed by atoms with Crippen molar-refractivity contribution >= 4 is 5.70 Å². The Morgan fingerprint density at radius 2 is 1.52 bits per heavy atom. The molecule has 0 amide bonds. The molecule has 21 heavy (non-hydrogen) atoms. The van der Waals surface area contributed by atoms with Gasteiger partial charge in [-0.2, -0.15) is 0 Å². The first-order valence-electron chi connectivity index (χ1n) is 7.02. The average molecular weight is 275 g/mol. The Morgan fingerprint density at radius 1 is 0.952 bits per heavy atom. The second-order valence-electron chi connectivity index (χ2n) is 5.20. The Labute approximate surface area is 125 Å². The monoisotopic (exact) mass is 275 g/mol. The molecule has 2 aromatic rings. The third kappa shape index (κ3) is 3.16. The van der Waals surface area contributed by atoms with E-state index in [1.165, 1.54) is 0 Å². The van der Waals surface area contributed by atoms with E-state index in [1.54, 1.807) is 0 Å². The molecule has 0 bridgehead atoms. The summed E-state index contributed by atoms with van der Waals surface area (Å²) in [6, 6.07) is 18.0. The van der Waals surface area contributed by atoms with Crippen LogP contribution in [0.1, 0.15) is 16.7 Å². The fourth-order valence-electron chi connectivity index (χ4n) is 2.27. The number of hydrogen-bond acceptors (Lipinski definition) is 2. The minimum Gasteiger partial charge on any atom is -0.389 e. The highest BCUT2D eigenvalue weighted by atomic mass is 16.3. The van der Waals surface area contributed by atoms with E-state index in [4.69, 9.17) is 0 Å². The molecule has 0 saturated carbocycles. The zero-order valence-electron chi connectivity index (χ0n) is 11.8. The van der Waals surface area contributed by atoms with Gasteiger partial charge in [0.05, 0.1) is 6.10 Å². The maximum Gasteiger partial charge on any atom is 0.0889 e. The van der Waals surface area contributed by atoms with Crippen molar-refractivity contribution in [3.05, 3.63) is 77.9 Å². The Balaban J connectivity index is 1.70. The summed E-state index contributed by atoms with van der Waals surface area (Å²) in [5.74, 6) is 6.30. The molecule has 0 radical (unpaired) electrons. The van der Waals surface area contributed by atoms with Crippen molar-refractivity contribution < 1.29 is 5.11 Å². The summed E-state index contributed by atoms with van der Waals surface area (Å²) in [5, 5.41) is 9.34. The van der Waals surface area contributed by atoms with Crippen molar-refractivity contribution in [2.24, 2.45) is 0 Å². The molecular formula is C19H17NO. The quantitative estimate of drug-likeness (QED) is 0.852. The average Bonchev–Trinajstić information content (AvgIpc) is 2.51. The van der Waals surface area contributed by atoms with Gasteiger partial charge in [-0.25, -0.2) is 0 Å². The summed E-state index contributed by atoms with van der Waals surface area (Å²) >= 11 is 0. The Hall–Kier alpha value is -2.50. The van der Waals surface area contributed by atoms with Gasteiger partial charge in [0, 0.05) is 29.9 Å². The SMILES string of the molecule is C=C(c1ccc(C#Cc2ccccc2)cc1)N1CC(O)C1. The smallest absolute Gasteiger partial charge is 0.0889 e. The van der Waals surface area contributed by atoms with E-state index in [1.807, 2.05) is 54.6 Å². The first-order chi connectivity index (χ1) is 10.2. The number of hydrogen-bond donors (Lipinski definition) is 1. The van der Waals surface area contributed by atoms with Crippen LogP contribution >= 0.6 is 0 Å². The third-order valence-corrected chi connectivity index (χ3v) is 3.59. The Morgan fingerprint density at radius 3 is 2.10 bits per heavy atom. The number of rotatable bonds is 2. The highest BCUT2D eigenvalue weighted by Gasteiger charge is 2.25. The van der Waals surface area contributed by atoms with Gasteiger partial charge >= 0.3 is 0 Å². The summed E-state index contributed by atoms with van der Waals surface area (Å²) in [7, 11) is 0. The van der Waals surface area contributed by atoms with Crippen LogP contribution in [0.25, 0.3) is 5.70 Å². The van der Waals surface area contributed by atoms with Gasteiger partial charge in [0.25, 0.3) is 0 Å². The largest absolute Gasteiger partial charge is 0.389 e. The van der Waals surface area contributed by atoms with Gasteiger partial charge in [0.2, 0.25) is 0 Å². The van der Waals surface area contributed by atoms with E-state index in [0.29, 0.717) is 13.1 Å². The van der Waals surface area contributed by atoms with Crippen LogP contribution < -0.4 is 0 Å². The molecule has 0 aliphatic carbocycles. The summed E-state index contributed by atoms with van der Waals surface area (Å²) in [6.07, 6.45) is -0.210. The van der Waals surface area contributed by atoms with Crippen LogP contribution in [0.5, 0.6) is 0 Å². The molecular weight excluding hydrogens is 258 g/mol. The number of benzene rings is 2. The molecule has 1 aliphatic rings. The second kappa shape index (κ2) is 5.87. The van der Waals surface area contributed by atoms with Crippen molar-refractivity contribution in [2.45, 2.75) is 6.10 Å². The van der Waals surface area contributed by atoms with Crippen LogP contribution in [0, 0.1) is 11.8 Å². The fourth-order valence-corrected chi connectivity index (χ4v) is 2.27. The van der Waals surface area contributed by atoms with Gasteiger partial charge < -0.3 is 10.0 Å². The lowest BCUT2D eigenvalue weighted by Crippen LogP contribution is -2.48. The molecule has 2 aromatic carbocycles. The van der Waals surface area contributed by atoms with E-state index in [-0.39, 0.29) is 6.10 Å². The third-order valence-electron chi connectivity index (χ3n) is 3.59. The summed E-state index contributed by atoms with van der Waals surface area (Å²) in [4.78, 5) is 2.08. The van der Waals surface area contributed by atoms with Gasteiger partial charge in [-0.15, -0.1) is 0 Å². The molecule has 1 heterocycles. The van der Waals surface area contributed by atoms with E-state index < -0.39 is 0 Å². The first-order valence-corrected chi connectivity index (χ1v) is 7.02. The molecule has 1 saturated heterocycles. The molecule has 1 N–H and O–H groups in total. The van der Waals surface area contributed by atoms with Crippen LogP contribution in [0.4, 0.5) is 0 Å². The number of aliphatic hydroxyl groups is 1. The van der Waals surface area contributed by atoms with Gasteiger partial charge in [-0.3, -0.25) is 0 Å². The molecule has 0 unspecified atom stereocenters. The zero-order valence-corrected chi connectivity index (χ0v) is 11.8. The fraction of sp³-hybridized carbons (Fsp3) is 0.158. The molecule has 1 fully saturated rings. The van der Waals surface area contributed by atoms with Crippen LogP contribution in [0.3, 0.4) is 0 Å². The minimum atomic E-state index is -0.210. The van der Waals surface area contributed by atoms with Crippen molar-refractivity contribution in [1.29, 1.82) is 0 Å². The normalized spacial score (nSPS) is 14.0. The topological polar surface area (TPSA) is 23.5 Å². The van der Waals surface area contributed by atoms with Gasteiger partial charge in [-0.05, 0) is 29.8 Å². The Bertz CT molecular complexity index is 686. The lowest BCUT2D eigenvalue weighted by molar-refractivity contribution is 0.0404. The zero-order chi connectivity index (χ0) is 14.7. The lowest BCUT2D eigenvalue weighted by atomic mass is 10.0. The number of nitrogens with zero attached hydrogens (tertiary/aromatic N) is 1. The maximum absolute atomic E-state index is 9.34. The van der Waals surface area contributed by atoms with Crippen LogP contribution in [0.15, 0.2) is 61.2 Å². The van der Waals surface area contributed by atoms with Crippen molar-refractivity contribution in [3.8, 4) is 11.8 Å². The Kier molecular flexibility index (Phi) is 3.77. The van der Waals surface area contributed by atoms with Crippen LogP contribution in [0.2, 0.25) is 0 Å². The lowest BCUT2D eigenvalue weighted by Gasteiger charge is -2.39. The second-order valence-corrected chi connectivity index (χ2v) is 5.20. The molecule has 0 atom stereocenters. The van der Waals surface area contributed by atoms with Crippen molar-refractivity contribution in [1.82, 2.24) is 4.90 Å². The predicted molar refractivity (Wildman–Crippen MR) is 85.5 cm³/mol. The van der Waals surface area contributed by atoms with Crippen molar-refractivity contribution in [3.63, 3.8) is 0 Å². The van der Waals surface area contributed by atoms with E-state index in [9.17, 15) is 5.11 Å². The highest BCUT2D eigenvalue weighted by molar-refractivity contribution is 5.63. The number of aliphatic hydroxyl groups excluding tert-OH is 1. The van der Waals surface area contributed by atoms with E-state index in [0.717, 1.165) is 22.4 Å². The van der Waals surface area contributed by atoms with E-state index >= 15 is 0 Å². The molecule has 0 spiro atoms. The van der Waals surface area contributed by atoms with E-state index in [2.05, 4.69) is 23.3 Å². The molecule has 104 valence electrons. The molecule has 1 aliphatic heterocycles. The molecule has 2 nitrogen and oxygen atoms in total. The highest BCUT2D eigenvalue weighted by Crippen LogP contribution is 2.23. The van der Waals surface area contributed by atoms with Gasteiger partial charge in [-0.1, -0.05) is 48.8 Å². The van der Waals surface area contributed by atoms with Crippen LogP contribution in [-0.4, -0.2) is 29.2 Å². The minimum absolute atomic E-state index is 0.210. The predicted octanol–water partition coefficient (Wildman–Crippen LogP) is 2.73.